The summed E-state index contributed by atoms with van der Waals surface area (Å²) in [6.45, 7) is 0.278. The molecule has 1 amide bonds. The fourth-order valence-electron chi connectivity index (χ4n) is 2.65. The van der Waals surface area contributed by atoms with Gasteiger partial charge in [0.1, 0.15) is 17.2 Å². The minimum atomic E-state index is -1.26. The Morgan fingerprint density at radius 3 is 2.87 bits per heavy atom. The van der Waals surface area contributed by atoms with Gasteiger partial charge in [-0.25, -0.2) is 4.39 Å². The summed E-state index contributed by atoms with van der Waals surface area (Å²) in [6, 6.07) is 11.1. The van der Waals surface area contributed by atoms with Crippen LogP contribution in [0.4, 0.5) is 4.39 Å². The van der Waals surface area contributed by atoms with E-state index in [1.54, 1.807) is 18.2 Å². The van der Waals surface area contributed by atoms with E-state index < -0.39 is 17.3 Å². The van der Waals surface area contributed by atoms with Gasteiger partial charge in [0.15, 0.2) is 0 Å². The molecule has 0 radical (unpaired) electrons. The van der Waals surface area contributed by atoms with E-state index in [2.05, 4.69) is 5.32 Å². The fraction of sp³-hybridized carbons (Fsp3) is 0.235. The number of fused-ring (bicyclic) bond motifs is 1. The number of hydrogen-bond acceptors (Lipinski definition) is 3. The van der Waals surface area contributed by atoms with E-state index in [-0.39, 0.29) is 17.1 Å². The zero-order chi connectivity index (χ0) is 16.4. The minimum absolute atomic E-state index is 0.0295. The van der Waals surface area contributed by atoms with E-state index >= 15 is 0 Å². The molecule has 2 aromatic rings. The highest BCUT2D eigenvalue weighted by Gasteiger charge is 2.36. The van der Waals surface area contributed by atoms with Crippen LogP contribution in [-0.4, -0.2) is 24.2 Å². The topological polar surface area (TPSA) is 58.6 Å². The molecule has 1 heterocycles. The van der Waals surface area contributed by atoms with Gasteiger partial charge < -0.3 is 15.2 Å². The van der Waals surface area contributed by atoms with Crippen molar-refractivity contribution in [3.63, 3.8) is 0 Å². The number of hydrogen-bond donors (Lipinski definition) is 2. The summed E-state index contributed by atoms with van der Waals surface area (Å²) in [7, 11) is 0. The van der Waals surface area contributed by atoms with Crippen molar-refractivity contribution in [1.82, 2.24) is 5.32 Å². The number of carbonyl (C=O) groups excluding carboxylic acids is 1. The van der Waals surface area contributed by atoms with Crippen molar-refractivity contribution in [1.29, 1.82) is 0 Å². The molecule has 23 heavy (non-hydrogen) atoms. The Balaban J connectivity index is 1.80. The third-order valence-electron chi connectivity index (χ3n) is 3.89. The molecule has 3 rings (SSSR count). The zero-order valence-electron chi connectivity index (χ0n) is 12.2. The highest BCUT2D eigenvalue weighted by Crippen LogP contribution is 2.36. The number of halogens is 2. The normalized spacial score (nSPS) is 19.6. The van der Waals surface area contributed by atoms with Crippen LogP contribution in [0.15, 0.2) is 42.5 Å². The molecule has 0 aromatic heterocycles. The van der Waals surface area contributed by atoms with E-state index in [0.29, 0.717) is 24.3 Å². The van der Waals surface area contributed by atoms with Gasteiger partial charge in [-0.1, -0.05) is 35.9 Å². The van der Waals surface area contributed by atoms with Crippen LogP contribution < -0.4 is 10.1 Å². The predicted molar refractivity (Wildman–Crippen MR) is 84.2 cm³/mol. The average Bonchev–Trinajstić information content (AvgIpc) is 2.53. The molecule has 2 N–H and O–H groups in total. The number of nitrogens with one attached hydrogen (secondary N) is 1. The van der Waals surface area contributed by atoms with E-state index in [4.69, 9.17) is 16.3 Å². The lowest BCUT2D eigenvalue weighted by Crippen LogP contribution is -2.44. The lowest BCUT2D eigenvalue weighted by atomic mass is 9.88. The second-order valence-corrected chi connectivity index (χ2v) is 5.81. The largest absolute Gasteiger partial charge is 0.493 e. The molecular formula is C17H15ClFNO3. The second kappa shape index (κ2) is 6.18. The molecule has 6 heteroatoms. The van der Waals surface area contributed by atoms with Crippen LogP contribution in [0.1, 0.15) is 22.3 Å². The lowest BCUT2D eigenvalue weighted by Gasteiger charge is -2.34. The molecule has 0 fully saturated rings. The first-order valence-corrected chi connectivity index (χ1v) is 7.56. The smallest absolute Gasteiger partial charge is 0.255 e. The molecule has 0 saturated carbocycles. The summed E-state index contributed by atoms with van der Waals surface area (Å²) in [4.78, 5) is 12.2. The SMILES string of the molecule is O=C(NCC1(O)CCOc2ccccc21)c1c(F)cccc1Cl. The van der Waals surface area contributed by atoms with Gasteiger partial charge in [0.25, 0.3) is 5.91 Å². The van der Waals surface area contributed by atoms with Crippen molar-refractivity contribution < 1.29 is 19.0 Å². The number of amides is 1. The van der Waals surface area contributed by atoms with Crippen LogP contribution in [0, 0.1) is 5.82 Å². The number of para-hydroxylation sites is 1. The number of carbonyl (C=O) groups is 1. The van der Waals surface area contributed by atoms with Crippen LogP contribution in [0.2, 0.25) is 5.02 Å². The average molecular weight is 336 g/mol. The third kappa shape index (κ3) is 3.02. The van der Waals surface area contributed by atoms with Crippen molar-refractivity contribution in [3.05, 3.63) is 64.4 Å². The van der Waals surface area contributed by atoms with Gasteiger partial charge in [0.05, 0.1) is 23.7 Å². The standard InChI is InChI=1S/C17H15ClFNO3/c18-12-5-3-6-13(19)15(12)16(21)20-10-17(22)8-9-23-14-7-2-1-4-11(14)17/h1-7,22H,8-10H2,(H,20,21). The summed E-state index contributed by atoms with van der Waals surface area (Å²) in [5, 5.41) is 13.4. The van der Waals surface area contributed by atoms with Crippen molar-refractivity contribution in [2.75, 3.05) is 13.2 Å². The van der Waals surface area contributed by atoms with Gasteiger partial charge in [-0.05, 0) is 18.2 Å². The van der Waals surface area contributed by atoms with Gasteiger partial charge in [0.2, 0.25) is 0 Å². The Labute approximate surface area is 137 Å². The Morgan fingerprint density at radius 2 is 2.09 bits per heavy atom. The molecule has 2 aromatic carbocycles. The number of benzene rings is 2. The van der Waals surface area contributed by atoms with Gasteiger partial charge in [0, 0.05) is 12.0 Å². The maximum Gasteiger partial charge on any atom is 0.255 e. The highest BCUT2D eigenvalue weighted by molar-refractivity contribution is 6.33. The van der Waals surface area contributed by atoms with Crippen molar-refractivity contribution in [2.24, 2.45) is 0 Å². The first kappa shape index (κ1) is 15.8. The molecule has 0 bridgehead atoms. The Morgan fingerprint density at radius 1 is 1.30 bits per heavy atom. The predicted octanol–water partition coefficient (Wildman–Crippen LogP) is 2.88. The molecule has 1 aliphatic rings. The monoisotopic (exact) mass is 335 g/mol. The van der Waals surface area contributed by atoms with Gasteiger partial charge in [-0.15, -0.1) is 0 Å². The molecule has 1 atom stereocenters. The number of rotatable bonds is 3. The lowest BCUT2D eigenvalue weighted by molar-refractivity contribution is -0.00164. The maximum absolute atomic E-state index is 13.8. The molecule has 1 aliphatic heterocycles. The molecule has 0 aliphatic carbocycles. The first-order valence-electron chi connectivity index (χ1n) is 7.18. The van der Waals surface area contributed by atoms with Gasteiger partial charge in [-0.2, -0.15) is 0 Å². The Bertz CT molecular complexity index is 732. The number of ether oxygens (including phenoxy) is 1. The first-order chi connectivity index (χ1) is 11.0. The minimum Gasteiger partial charge on any atom is -0.493 e. The quantitative estimate of drug-likeness (QED) is 0.906. The fourth-order valence-corrected chi connectivity index (χ4v) is 2.90. The summed E-state index contributed by atoms with van der Waals surface area (Å²) in [5.74, 6) is -0.778. The van der Waals surface area contributed by atoms with E-state index in [1.807, 2.05) is 6.07 Å². The van der Waals surface area contributed by atoms with Crippen LogP contribution in [0.25, 0.3) is 0 Å². The highest BCUT2D eigenvalue weighted by atomic mass is 35.5. The molecule has 4 nitrogen and oxygen atoms in total. The second-order valence-electron chi connectivity index (χ2n) is 5.41. The van der Waals surface area contributed by atoms with E-state index in [9.17, 15) is 14.3 Å². The Kier molecular flexibility index (Phi) is 4.24. The van der Waals surface area contributed by atoms with Crippen LogP contribution >= 0.6 is 11.6 Å². The molecule has 0 saturated heterocycles. The number of aliphatic hydroxyl groups is 1. The zero-order valence-corrected chi connectivity index (χ0v) is 12.9. The van der Waals surface area contributed by atoms with E-state index in [0.717, 1.165) is 0 Å². The van der Waals surface area contributed by atoms with Crippen molar-refractivity contribution in [2.45, 2.75) is 12.0 Å². The summed E-state index contributed by atoms with van der Waals surface area (Å²) < 4.78 is 19.3. The van der Waals surface area contributed by atoms with Crippen LogP contribution in [0.3, 0.4) is 0 Å². The summed E-state index contributed by atoms with van der Waals surface area (Å²) in [5.41, 5.74) is -0.883. The van der Waals surface area contributed by atoms with Crippen LogP contribution in [-0.2, 0) is 5.60 Å². The van der Waals surface area contributed by atoms with Crippen molar-refractivity contribution in [3.8, 4) is 5.75 Å². The molecule has 0 spiro atoms. The molecular weight excluding hydrogens is 321 g/mol. The summed E-state index contributed by atoms with van der Waals surface area (Å²) in [6.07, 6.45) is 0.329. The van der Waals surface area contributed by atoms with Gasteiger partial charge >= 0.3 is 0 Å². The molecule has 1 unspecified atom stereocenters. The molecule has 120 valence electrons. The van der Waals surface area contributed by atoms with Gasteiger partial charge in [-0.3, -0.25) is 4.79 Å². The summed E-state index contributed by atoms with van der Waals surface area (Å²) >= 11 is 5.88. The maximum atomic E-state index is 13.8. The Hall–Kier alpha value is -2.11. The third-order valence-corrected chi connectivity index (χ3v) is 4.21. The van der Waals surface area contributed by atoms with Crippen LogP contribution in [0.5, 0.6) is 5.75 Å². The van der Waals surface area contributed by atoms with Crippen molar-refractivity contribution >= 4 is 17.5 Å². The van der Waals surface area contributed by atoms with E-state index in [1.165, 1.54) is 18.2 Å².